The van der Waals surface area contributed by atoms with Gasteiger partial charge in [-0.1, -0.05) is 25.1 Å². The van der Waals surface area contributed by atoms with Crippen LogP contribution in [-0.4, -0.2) is 43.6 Å². The molecule has 1 aromatic carbocycles. The second kappa shape index (κ2) is 9.66. The highest BCUT2D eigenvalue weighted by Crippen LogP contribution is 2.14. The lowest BCUT2D eigenvalue weighted by atomic mass is 10.1. The number of hydrogen-bond donors (Lipinski definition) is 0. The lowest BCUT2D eigenvalue weighted by molar-refractivity contribution is -0.146. The van der Waals surface area contributed by atoms with Crippen LogP contribution in [0.25, 0.3) is 0 Å². The monoisotopic (exact) mass is 319 g/mol. The molecule has 0 aliphatic carbocycles. The molecule has 0 N–H and O–H groups in total. The standard InChI is InChI=1S/C18H25NO4/c1-5-11-19(13-14(3)18(21)22-4)17(20)12-15-7-9-16(10-8-15)23-6-2/h5,7-10,14H,1,6,11-13H2,2-4H3. The maximum absolute atomic E-state index is 12.5. The Morgan fingerprint density at radius 1 is 1.30 bits per heavy atom. The molecule has 0 bridgehead atoms. The van der Waals surface area contributed by atoms with Crippen molar-refractivity contribution in [1.82, 2.24) is 4.90 Å². The zero-order chi connectivity index (χ0) is 17.2. The number of hydrogen-bond acceptors (Lipinski definition) is 4. The third-order valence-corrected chi connectivity index (χ3v) is 3.39. The molecule has 0 aliphatic heterocycles. The van der Waals surface area contributed by atoms with Gasteiger partial charge in [-0.15, -0.1) is 6.58 Å². The second-order valence-electron chi connectivity index (χ2n) is 5.27. The highest BCUT2D eigenvalue weighted by Gasteiger charge is 2.20. The van der Waals surface area contributed by atoms with Crippen LogP contribution in [0.15, 0.2) is 36.9 Å². The number of ether oxygens (including phenoxy) is 2. The quantitative estimate of drug-likeness (QED) is 0.518. The fourth-order valence-corrected chi connectivity index (χ4v) is 2.20. The highest BCUT2D eigenvalue weighted by molar-refractivity contribution is 5.80. The normalized spacial score (nSPS) is 11.4. The smallest absolute Gasteiger partial charge is 0.310 e. The molecule has 0 spiro atoms. The number of methoxy groups -OCH3 is 1. The summed E-state index contributed by atoms with van der Waals surface area (Å²) in [5, 5.41) is 0. The molecule has 1 unspecified atom stereocenters. The molecule has 23 heavy (non-hydrogen) atoms. The molecule has 0 saturated heterocycles. The van der Waals surface area contributed by atoms with Crippen molar-refractivity contribution in [3.63, 3.8) is 0 Å². The van der Waals surface area contributed by atoms with Gasteiger partial charge in [-0.05, 0) is 24.6 Å². The van der Waals surface area contributed by atoms with E-state index < -0.39 is 0 Å². The Balaban J connectivity index is 2.69. The molecule has 5 heteroatoms. The molecule has 0 radical (unpaired) electrons. The van der Waals surface area contributed by atoms with E-state index in [1.165, 1.54) is 7.11 Å². The van der Waals surface area contributed by atoms with E-state index in [-0.39, 0.29) is 24.2 Å². The molecule has 0 aliphatic rings. The molecule has 1 rings (SSSR count). The summed E-state index contributed by atoms with van der Waals surface area (Å²) in [6.45, 7) is 8.66. The molecule has 126 valence electrons. The molecule has 0 heterocycles. The van der Waals surface area contributed by atoms with Crippen molar-refractivity contribution in [1.29, 1.82) is 0 Å². The number of nitrogens with zero attached hydrogens (tertiary/aromatic N) is 1. The fourth-order valence-electron chi connectivity index (χ4n) is 2.20. The SMILES string of the molecule is C=CCN(CC(C)C(=O)OC)C(=O)Cc1ccc(OCC)cc1. The van der Waals surface area contributed by atoms with Crippen molar-refractivity contribution < 1.29 is 19.1 Å². The summed E-state index contributed by atoms with van der Waals surface area (Å²) in [4.78, 5) is 25.6. The lowest BCUT2D eigenvalue weighted by Gasteiger charge is -2.24. The summed E-state index contributed by atoms with van der Waals surface area (Å²) in [5.41, 5.74) is 0.901. The third kappa shape index (κ3) is 6.14. The summed E-state index contributed by atoms with van der Waals surface area (Å²) in [5.74, 6) is 0.0351. The predicted molar refractivity (Wildman–Crippen MR) is 89.3 cm³/mol. The van der Waals surface area contributed by atoms with E-state index in [1.54, 1.807) is 17.9 Å². The first-order valence-electron chi connectivity index (χ1n) is 7.70. The first kappa shape index (κ1) is 18.7. The van der Waals surface area contributed by atoms with E-state index in [0.29, 0.717) is 19.7 Å². The second-order valence-corrected chi connectivity index (χ2v) is 5.27. The van der Waals surface area contributed by atoms with Gasteiger partial charge in [0.25, 0.3) is 0 Å². The van der Waals surface area contributed by atoms with E-state index in [0.717, 1.165) is 11.3 Å². The largest absolute Gasteiger partial charge is 0.494 e. The Hall–Kier alpha value is -2.30. The van der Waals surface area contributed by atoms with Gasteiger partial charge in [0.05, 0.1) is 26.1 Å². The Morgan fingerprint density at radius 2 is 1.96 bits per heavy atom. The van der Waals surface area contributed by atoms with Gasteiger partial charge in [-0.2, -0.15) is 0 Å². The Labute approximate surface area is 137 Å². The van der Waals surface area contributed by atoms with E-state index in [4.69, 9.17) is 9.47 Å². The third-order valence-electron chi connectivity index (χ3n) is 3.39. The van der Waals surface area contributed by atoms with Crippen LogP contribution in [0.5, 0.6) is 5.75 Å². The fraction of sp³-hybridized carbons (Fsp3) is 0.444. The van der Waals surface area contributed by atoms with Crippen LogP contribution in [0.4, 0.5) is 0 Å². The van der Waals surface area contributed by atoms with Gasteiger partial charge in [-0.3, -0.25) is 9.59 Å². The van der Waals surface area contributed by atoms with Crippen LogP contribution < -0.4 is 4.74 Å². The summed E-state index contributed by atoms with van der Waals surface area (Å²) < 4.78 is 10.1. The first-order valence-corrected chi connectivity index (χ1v) is 7.70. The highest BCUT2D eigenvalue weighted by atomic mass is 16.5. The van der Waals surface area contributed by atoms with E-state index in [9.17, 15) is 9.59 Å². The number of carbonyl (C=O) groups excluding carboxylic acids is 2. The van der Waals surface area contributed by atoms with Crippen LogP contribution >= 0.6 is 0 Å². The van der Waals surface area contributed by atoms with E-state index >= 15 is 0 Å². The van der Waals surface area contributed by atoms with Crippen LogP contribution in [-0.2, 0) is 20.7 Å². The topological polar surface area (TPSA) is 55.8 Å². The molecule has 1 atom stereocenters. The van der Waals surface area contributed by atoms with Crippen LogP contribution in [0.3, 0.4) is 0 Å². The minimum Gasteiger partial charge on any atom is -0.494 e. The van der Waals surface area contributed by atoms with Gasteiger partial charge in [0.15, 0.2) is 0 Å². The molecule has 1 aromatic rings. The summed E-state index contributed by atoms with van der Waals surface area (Å²) in [6, 6.07) is 7.44. The van der Waals surface area contributed by atoms with Crippen molar-refractivity contribution in [2.75, 3.05) is 26.8 Å². The average molecular weight is 319 g/mol. The van der Waals surface area contributed by atoms with Crippen molar-refractivity contribution in [2.45, 2.75) is 20.3 Å². The Morgan fingerprint density at radius 3 is 2.48 bits per heavy atom. The minimum absolute atomic E-state index is 0.0511. The molecule has 0 aromatic heterocycles. The van der Waals surface area contributed by atoms with Crippen LogP contribution in [0, 0.1) is 5.92 Å². The van der Waals surface area contributed by atoms with Gasteiger partial charge in [0.2, 0.25) is 5.91 Å². The van der Waals surface area contributed by atoms with Gasteiger partial charge in [-0.25, -0.2) is 0 Å². The van der Waals surface area contributed by atoms with Gasteiger partial charge in [0.1, 0.15) is 5.75 Å². The number of benzene rings is 1. The van der Waals surface area contributed by atoms with Crippen LogP contribution in [0.1, 0.15) is 19.4 Å². The molecular formula is C18H25NO4. The number of esters is 1. The van der Waals surface area contributed by atoms with Gasteiger partial charge >= 0.3 is 5.97 Å². The maximum Gasteiger partial charge on any atom is 0.310 e. The molecule has 5 nitrogen and oxygen atoms in total. The van der Waals surface area contributed by atoms with Gasteiger partial charge in [0, 0.05) is 13.1 Å². The molecular weight excluding hydrogens is 294 g/mol. The van der Waals surface area contributed by atoms with E-state index in [1.807, 2.05) is 31.2 Å². The summed E-state index contributed by atoms with van der Waals surface area (Å²) in [6.07, 6.45) is 1.92. The summed E-state index contributed by atoms with van der Waals surface area (Å²) >= 11 is 0. The van der Waals surface area contributed by atoms with Crippen molar-refractivity contribution in [2.24, 2.45) is 5.92 Å². The van der Waals surface area contributed by atoms with Gasteiger partial charge < -0.3 is 14.4 Å². The van der Waals surface area contributed by atoms with Crippen LogP contribution in [0.2, 0.25) is 0 Å². The zero-order valence-corrected chi connectivity index (χ0v) is 14.1. The predicted octanol–water partition coefficient (Wildman–Crippen LogP) is 2.45. The van der Waals surface area contributed by atoms with Crippen molar-refractivity contribution >= 4 is 11.9 Å². The zero-order valence-electron chi connectivity index (χ0n) is 14.1. The maximum atomic E-state index is 12.5. The number of amides is 1. The molecule has 0 saturated carbocycles. The Kier molecular flexibility index (Phi) is 7.88. The molecule has 1 amide bonds. The first-order chi connectivity index (χ1) is 11.0. The van der Waals surface area contributed by atoms with Crippen molar-refractivity contribution in [3.8, 4) is 5.75 Å². The summed E-state index contributed by atoms with van der Waals surface area (Å²) in [7, 11) is 1.35. The average Bonchev–Trinajstić information content (AvgIpc) is 2.55. The molecule has 0 fully saturated rings. The Bertz CT molecular complexity index is 524. The number of carbonyl (C=O) groups is 2. The number of rotatable bonds is 9. The van der Waals surface area contributed by atoms with Crippen molar-refractivity contribution in [3.05, 3.63) is 42.5 Å². The minimum atomic E-state index is -0.371. The van der Waals surface area contributed by atoms with E-state index in [2.05, 4.69) is 6.58 Å². The lowest BCUT2D eigenvalue weighted by Crippen LogP contribution is -2.38.